The highest BCUT2D eigenvalue weighted by Crippen LogP contribution is 2.23. The van der Waals surface area contributed by atoms with Crippen LogP contribution in [0.15, 0.2) is 55.5 Å². The molecule has 0 fully saturated rings. The molecule has 9 nitrogen and oxygen atoms in total. The Balaban J connectivity index is 1.90. The molecule has 124 valence electrons. The van der Waals surface area contributed by atoms with Gasteiger partial charge in [0.2, 0.25) is 5.88 Å². The van der Waals surface area contributed by atoms with Crippen LogP contribution >= 0.6 is 0 Å². The molecule has 3 aromatic rings. The molecule has 2 aromatic heterocycles. The maximum atomic E-state index is 12.2. The largest absolute Gasteiger partial charge is 0.337 e. The molecule has 0 saturated carbocycles. The van der Waals surface area contributed by atoms with Gasteiger partial charge < -0.3 is 9.51 Å². The molecule has 0 amide bonds. The average molecular weight is 348 g/mol. The van der Waals surface area contributed by atoms with Gasteiger partial charge in [0.05, 0.1) is 0 Å². The molecule has 0 atom stereocenters. The third-order valence-electron chi connectivity index (χ3n) is 3.17. The smallest absolute Gasteiger partial charge is 0.325 e. The summed E-state index contributed by atoms with van der Waals surface area (Å²) < 4.78 is 31.4. The Hall–Kier alpha value is -3.14. The molecule has 0 spiro atoms. The predicted molar refractivity (Wildman–Crippen MR) is 85.2 cm³/mol. The van der Waals surface area contributed by atoms with Gasteiger partial charge in [-0.25, -0.2) is 17.9 Å². The summed E-state index contributed by atoms with van der Waals surface area (Å²) >= 11 is 0. The molecule has 0 aliphatic rings. The molecule has 1 aromatic carbocycles. The van der Waals surface area contributed by atoms with Crippen LogP contribution in [-0.2, 0) is 10.0 Å². The van der Waals surface area contributed by atoms with Crippen LogP contribution in [0.4, 0.5) is 5.88 Å². The maximum Gasteiger partial charge on any atom is 0.325 e. The number of hydrogen-bond donors (Lipinski definition) is 3. The van der Waals surface area contributed by atoms with Crippen molar-refractivity contribution < 1.29 is 12.9 Å². The summed E-state index contributed by atoms with van der Waals surface area (Å²) in [4.78, 5) is 25.8. The molecule has 3 N–H and O–H groups in total. The van der Waals surface area contributed by atoms with Crippen molar-refractivity contribution in [3.8, 4) is 11.3 Å². The second-order valence-corrected chi connectivity index (χ2v) is 6.63. The second-order valence-electron chi connectivity index (χ2n) is 4.98. The van der Waals surface area contributed by atoms with Crippen molar-refractivity contribution in [2.45, 2.75) is 11.8 Å². The SMILES string of the molecule is Cc1ccc(-c2cc(NS(=O)(=O)c3c[nH]c(=O)[nH]c3=O)on2)cc1. The summed E-state index contributed by atoms with van der Waals surface area (Å²) in [6, 6.07) is 8.79. The quantitative estimate of drug-likeness (QED) is 0.638. The van der Waals surface area contributed by atoms with Crippen molar-refractivity contribution in [2.24, 2.45) is 0 Å². The number of anilines is 1. The minimum Gasteiger partial charge on any atom is -0.337 e. The number of hydrogen-bond acceptors (Lipinski definition) is 6. The van der Waals surface area contributed by atoms with E-state index in [1.807, 2.05) is 36.2 Å². The van der Waals surface area contributed by atoms with Gasteiger partial charge in [-0.15, -0.1) is 0 Å². The number of aromatic amines is 2. The van der Waals surface area contributed by atoms with Gasteiger partial charge in [0, 0.05) is 17.8 Å². The molecular formula is C14H12N4O5S. The van der Waals surface area contributed by atoms with E-state index in [-0.39, 0.29) is 5.88 Å². The Labute approximate surface area is 135 Å². The van der Waals surface area contributed by atoms with Gasteiger partial charge >= 0.3 is 5.69 Å². The topological polar surface area (TPSA) is 138 Å². The van der Waals surface area contributed by atoms with Crippen molar-refractivity contribution in [3.63, 3.8) is 0 Å². The van der Waals surface area contributed by atoms with Gasteiger partial charge in [0.25, 0.3) is 15.6 Å². The number of nitrogens with zero attached hydrogens (tertiary/aromatic N) is 1. The van der Waals surface area contributed by atoms with Crippen LogP contribution in [0, 0.1) is 6.92 Å². The fourth-order valence-corrected chi connectivity index (χ4v) is 2.95. The third kappa shape index (κ3) is 3.13. The van der Waals surface area contributed by atoms with Gasteiger partial charge in [-0.3, -0.25) is 9.78 Å². The highest BCUT2D eigenvalue weighted by atomic mass is 32.2. The minimum atomic E-state index is -4.23. The summed E-state index contributed by atoms with van der Waals surface area (Å²) in [5, 5.41) is 3.78. The van der Waals surface area contributed by atoms with Crippen molar-refractivity contribution in [1.29, 1.82) is 0 Å². The van der Waals surface area contributed by atoms with Gasteiger partial charge in [-0.05, 0) is 6.92 Å². The normalized spacial score (nSPS) is 11.4. The van der Waals surface area contributed by atoms with E-state index in [4.69, 9.17) is 4.52 Å². The van der Waals surface area contributed by atoms with Gasteiger partial charge in [0.15, 0.2) is 4.90 Å². The molecule has 0 aliphatic carbocycles. The van der Waals surface area contributed by atoms with Crippen LogP contribution < -0.4 is 16.0 Å². The van der Waals surface area contributed by atoms with Crippen LogP contribution in [-0.4, -0.2) is 23.5 Å². The molecule has 0 saturated heterocycles. The van der Waals surface area contributed by atoms with Crippen molar-refractivity contribution >= 4 is 15.9 Å². The lowest BCUT2D eigenvalue weighted by Crippen LogP contribution is -2.29. The average Bonchev–Trinajstić information content (AvgIpc) is 2.95. The molecule has 0 radical (unpaired) electrons. The number of rotatable bonds is 4. The van der Waals surface area contributed by atoms with Crippen molar-refractivity contribution in [3.05, 3.63) is 62.9 Å². The molecule has 3 rings (SSSR count). The molecular weight excluding hydrogens is 336 g/mol. The van der Waals surface area contributed by atoms with E-state index >= 15 is 0 Å². The molecule has 0 bridgehead atoms. The van der Waals surface area contributed by atoms with E-state index < -0.39 is 26.2 Å². The summed E-state index contributed by atoms with van der Waals surface area (Å²) in [5.74, 6) is -0.156. The van der Waals surface area contributed by atoms with Crippen LogP contribution in [0.25, 0.3) is 11.3 Å². The van der Waals surface area contributed by atoms with Crippen LogP contribution in [0.1, 0.15) is 5.56 Å². The Bertz CT molecular complexity index is 1090. The Morgan fingerprint density at radius 1 is 1.17 bits per heavy atom. The number of aromatic nitrogens is 3. The first-order valence-electron chi connectivity index (χ1n) is 6.74. The highest BCUT2D eigenvalue weighted by Gasteiger charge is 2.21. The monoisotopic (exact) mass is 348 g/mol. The van der Waals surface area contributed by atoms with E-state index in [1.54, 1.807) is 0 Å². The minimum absolute atomic E-state index is 0.156. The fourth-order valence-electron chi connectivity index (χ4n) is 1.97. The fraction of sp³-hybridized carbons (Fsp3) is 0.0714. The summed E-state index contributed by atoms with van der Waals surface area (Å²) in [5.41, 5.74) is 0.407. The number of benzene rings is 1. The number of sulfonamides is 1. The van der Waals surface area contributed by atoms with Crippen molar-refractivity contribution in [2.75, 3.05) is 4.72 Å². The second kappa shape index (κ2) is 5.81. The lowest BCUT2D eigenvalue weighted by molar-refractivity contribution is 0.438. The summed E-state index contributed by atoms with van der Waals surface area (Å²) in [6.07, 6.45) is 0.806. The van der Waals surface area contributed by atoms with Crippen LogP contribution in [0.5, 0.6) is 0 Å². The van der Waals surface area contributed by atoms with Crippen molar-refractivity contribution in [1.82, 2.24) is 15.1 Å². The molecule has 24 heavy (non-hydrogen) atoms. The van der Waals surface area contributed by atoms with Gasteiger partial charge in [-0.2, -0.15) is 0 Å². The van der Waals surface area contributed by atoms with E-state index in [1.165, 1.54) is 6.07 Å². The Morgan fingerprint density at radius 3 is 2.54 bits per heavy atom. The lowest BCUT2D eigenvalue weighted by Gasteiger charge is -2.02. The Morgan fingerprint density at radius 2 is 1.88 bits per heavy atom. The first-order valence-corrected chi connectivity index (χ1v) is 8.22. The van der Waals surface area contributed by atoms with E-state index in [2.05, 4.69) is 14.9 Å². The Kier molecular flexibility index (Phi) is 3.81. The summed E-state index contributed by atoms with van der Waals surface area (Å²) in [6.45, 7) is 1.94. The van der Waals surface area contributed by atoms with Gasteiger partial charge in [0.1, 0.15) is 5.69 Å². The number of H-pyrrole nitrogens is 2. The van der Waals surface area contributed by atoms with E-state index in [9.17, 15) is 18.0 Å². The maximum absolute atomic E-state index is 12.2. The molecule has 2 heterocycles. The number of aryl methyl sites for hydroxylation is 1. The predicted octanol–water partition coefficient (Wildman–Crippen LogP) is 0.827. The molecule has 0 aliphatic heterocycles. The highest BCUT2D eigenvalue weighted by molar-refractivity contribution is 7.92. The zero-order valence-electron chi connectivity index (χ0n) is 12.4. The first-order chi connectivity index (χ1) is 11.3. The molecule has 0 unspecified atom stereocenters. The summed E-state index contributed by atoms with van der Waals surface area (Å²) in [7, 11) is -4.23. The van der Waals surface area contributed by atoms with E-state index in [0.717, 1.165) is 17.3 Å². The van der Waals surface area contributed by atoms with Crippen LogP contribution in [0.3, 0.4) is 0 Å². The zero-order valence-corrected chi connectivity index (χ0v) is 13.2. The van der Waals surface area contributed by atoms with E-state index in [0.29, 0.717) is 5.69 Å². The standard InChI is InChI=1S/C14H12N4O5S/c1-8-2-4-9(5-3-8)10-6-12(23-17-10)18-24(21,22)11-7-15-14(20)16-13(11)19/h2-7,18H,1H3,(H2,15,16,19,20). The zero-order chi connectivity index (χ0) is 17.3. The third-order valence-corrected chi connectivity index (χ3v) is 4.52. The molecule has 10 heteroatoms. The van der Waals surface area contributed by atoms with Gasteiger partial charge in [-0.1, -0.05) is 35.0 Å². The lowest BCUT2D eigenvalue weighted by atomic mass is 10.1. The first kappa shape index (κ1) is 15.7. The number of nitrogens with one attached hydrogen (secondary N) is 3. The van der Waals surface area contributed by atoms with Crippen LogP contribution in [0.2, 0.25) is 0 Å².